The summed E-state index contributed by atoms with van der Waals surface area (Å²) in [5.41, 5.74) is 5.65. The monoisotopic (exact) mass is 489 g/mol. The summed E-state index contributed by atoms with van der Waals surface area (Å²) >= 11 is 5.90. The van der Waals surface area contributed by atoms with Gasteiger partial charge in [0.25, 0.3) is 0 Å². The highest BCUT2D eigenvalue weighted by Gasteiger charge is 2.18. The van der Waals surface area contributed by atoms with E-state index >= 15 is 0 Å². The Bertz CT molecular complexity index is 911. The number of carbonyl (C=O) groups is 1. The normalized spacial score (nSPS) is 15.5. The van der Waals surface area contributed by atoms with Gasteiger partial charge in [0.1, 0.15) is 0 Å². The van der Waals surface area contributed by atoms with Crippen molar-refractivity contribution in [1.82, 2.24) is 4.90 Å². The average Bonchev–Trinajstić information content (AvgIpc) is 3.31. The van der Waals surface area contributed by atoms with E-state index in [2.05, 4.69) is 24.8 Å². The van der Waals surface area contributed by atoms with Crippen LogP contribution >= 0.6 is 11.6 Å². The first-order valence-corrected chi connectivity index (χ1v) is 12.7. The average molecular weight is 490 g/mol. The van der Waals surface area contributed by atoms with Gasteiger partial charge in [-0.3, -0.25) is 4.79 Å². The van der Waals surface area contributed by atoms with Crippen molar-refractivity contribution in [1.29, 1.82) is 0 Å². The molecule has 188 valence electrons. The smallest absolute Gasteiger partial charge is 0.303 e. The summed E-state index contributed by atoms with van der Waals surface area (Å²) in [5.74, 6) is -0.794. The van der Waals surface area contributed by atoms with Crippen LogP contribution < -0.4 is 0 Å². The zero-order valence-electron chi connectivity index (χ0n) is 21.0. The van der Waals surface area contributed by atoms with Crippen LogP contribution in [0, 0.1) is 13.8 Å². The molecular formula is C28H40ClNO4. The molecule has 1 heterocycles. The number of likely N-dealkylation sites (tertiary alicyclic amines) is 1. The Labute approximate surface area is 209 Å². The number of halogens is 1. The number of benzene rings is 2. The predicted octanol–water partition coefficient (Wildman–Crippen LogP) is 5.76. The van der Waals surface area contributed by atoms with Gasteiger partial charge in [0.05, 0.1) is 18.8 Å². The van der Waals surface area contributed by atoms with Gasteiger partial charge in [0, 0.05) is 18.0 Å². The molecule has 2 aromatic carbocycles. The van der Waals surface area contributed by atoms with Crippen LogP contribution in [0.25, 0.3) is 0 Å². The predicted molar refractivity (Wildman–Crippen MR) is 139 cm³/mol. The molecule has 0 aromatic heterocycles. The molecule has 6 heteroatoms. The molecule has 0 radical (unpaired) electrons. The third-order valence-electron chi connectivity index (χ3n) is 6.13. The second kappa shape index (κ2) is 14.5. The molecular weight excluding hydrogens is 450 g/mol. The fourth-order valence-corrected chi connectivity index (χ4v) is 4.48. The Kier molecular flexibility index (Phi) is 12.1. The van der Waals surface area contributed by atoms with Crippen molar-refractivity contribution in [2.24, 2.45) is 0 Å². The maximum Gasteiger partial charge on any atom is 0.303 e. The SMILES string of the molecule is CCc1cc(C)ccc1Cl.Cc1ccc(C(C)OCC(O)CN2CCCC2)c(CCC(=O)O)c1. The van der Waals surface area contributed by atoms with Crippen molar-refractivity contribution >= 4 is 17.6 Å². The van der Waals surface area contributed by atoms with Crippen molar-refractivity contribution in [3.63, 3.8) is 0 Å². The number of aliphatic hydroxyl groups is 1. The first-order chi connectivity index (χ1) is 16.2. The van der Waals surface area contributed by atoms with E-state index in [1.165, 1.54) is 24.0 Å². The number of ether oxygens (including phenoxy) is 1. The molecule has 1 saturated heterocycles. The third kappa shape index (κ3) is 9.75. The molecule has 1 aliphatic heterocycles. The number of hydrogen-bond acceptors (Lipinski definition) is 4. The zero-order chi connectivity index (χ0) is 25.1. The first-order valence-electron chi connectivity index (χ1n) is 12.3. The van der Waals surface area contributed by atoms with E-state index in [0.29, 0.717) is 19.6 Å². The Hall–Kier alpha value is -1.92. The molecule has 1 fully saturated rings. The lowest BCUT2D eigenvalue weighted by atomic mass is 9.97. The summed E-state index contributed by atoms with van der Waals surface area (Å²) in [6.45, 7) is 11.2. The summed E-state index contributed by atoms with van der Waals surface area (Å²) in [5, 5.41) is 19.9. The van der Waals surface area contributed by atoms with Gasteiger partial charge in [-0.2, -0.15) is 0 Å². The lowest BCUT2D eigenvalue weighted by molar-refractivity contribution is -0.136. The van der Waals surface area contributed by atoms with Crippen molar-refractivity contribution in [2.45, 2.75) is 72.0 Å². The van der Waals surface area contributed by atoms with Gasteiger partial charge in [0.2, 0.25) is 0 Å². The molecule has 0 spiro atoms. The number of carboxylic acids is 1. The third-order valence-corrected chi connectivity index (χ3v) is 6.50. The summed E-state index contributed by atoms with van der Waals surface area (Å²) in [6.07, 6.45) is 3.39. The summed E-state index contributed by atoms with van der Waals surface area (Å²) in [7, 11) is 0. The molecule has 34 heavy (non-hydrogen) atoms. The number of nitrogens with zero attached hydrogens (tertiary/aromatic N) is 1. The van der Waals surface area contributed by atoms with E-state index in [9.17, 15) is 9.90 Å². The highest BCUT2D eigenvalue weighted by Crippen LogP contribution is 2.24. The van der Waals surface area contributed by atoms with E-state index in [0.717, 1.165) is 41.2 Å². The summed E-state index contributed by atoms with van der Waals surface area (Å²) in [6, 6.07) is 12.2. The maximum absolute atomic E-state index is 10.8. The number of hydrogen-bond donors (Lipinski definition) is 2. The second-order valence-electron chi connectivity index (χ2n) is 9.18. The van der Waals surface area contributed by atoms with Gasteiger partial charge >= 0.3 is 5.97 Å². The van der Waals surface area contributed by atoms with Crippen molar-refractivity contribution < 1.29 is 19.7 Å². The standard InChI is InChI=1S/C19H29NO4.C9H11Cl/c1-14-5-7-18(16(11-14)6-8-19(22)23)15(2)24-13-17(21)12-20-9-3-4-10-20;1-3-8-6-7(2)4-5-9(8)10/h5,7,11,15,17,21H,3-4,6,8-10,12-13H2,1-2H3,(H,22,23);4-6H,3H2,1-2H3. The van der Waals surface area contributed by atoms with Crippen molar-refractivity contribution in [2.75, 3.05) is 26.2 Å². The van der Waals surface area contributed by atoms with Crippen LogP contribution in [-0.2, 0) is 22.4 Å². The zero-order valence-corrected chi connectivity index (χ0v) is 21.8. The topological polar surface area (TPSA) is 70.0 Å². The van der Waals surface area contributed by atoms with Crippen LogP contribution in [0.3, 0.4) is 0 Å². The fraction of sp³-hybridized carbons (Fsp3) is 0.536. The van der Waals surface area contributed by atoms with Gasteiger partial charge in [-0.05, 0) is 82.3 Å². The van der Waals surface area contributed by atoms with Gasteiger partial charge in [-0.15, -0.1) is 0 Å². The van der Waals surface area contributed by atoms with E-state index in [1.807, 2.05) is 44.2 Å². The van der Waals surface area contributed by atoms with E-state index in [4.69, 9.17) is 21.4 Å². The lowest BCUT2D eigenvalue weighted by Crippen LogP contribution is -2.33. The number of aliphatic carboxylic acids is 1. The number of aliphatic hydroxyl groups excluding tert-OH is 1. The van der Waals surface area contributed by atoms with Crippen LogP contribution in [0.5, 0.6) is 0 Å². The van der Waals surface area contributed by atoms with Gasteiger partial charge in [-0.25, -0.2) is 0 Å². The minimum Gasteiger partial charge on any atom is -0.481 e. The minimum atomic E-state index is -0.794. The largest absolute Gasteiger partial charge is 0.481 e. The van der Waals surface area contributed by atoms with Crippen LogP contribution in [0.1, 0.15) is 67.0 Å². The molecule has 2 aromatic rings. The summed E-state index contributed by atoms with van der Waals surface area (Å²) in [4.78, 5) is 13.1. The van der Waals surface area contributed by atoms with E-state index in [1.54, 1.807) is 0 Å². The Morgan fingerprint density at radius 1 is 1.09 bits per heavy atom. The first kappa shape index (κ1) is 28.3. The van der Waals surface area contributed by atoms with Crippen LogP contribution in [0.15, 0.2) is 36.4 Å². The number of β-amino-alcohol motifs (C(OH)–C–C–N with tert-alkyl or cyclic N) is 1. The molecule has 2 unspecified atom stereocenters. The van der Waals surface area contributed by atoms with Crippen molar-refractivity contribution in [3.8, 4) is 0 Å². The molecule has 2 N–H and O–H groups in total. The second-order valence-corrected chi connectivity index (χ2v) is 9.59. The van der Waals surface area contributed by atoms with Crippen LogP contribution in [0.2, 0.25) is 5.02 Å². The Morgan fingerprint density at radius 3 is 2.29 bits per heavy atom. The molecule has 0 aliphatic carbocycles. The Morgan fingerprint density at radius 2 is 1.71 bits per heavy atom. The van der Waals surface area contributed by atoms with Gasteiger partial charge in [0.15, 0.2) is 0 Å². The lowest BCUT2D eigenvalue weighted by Gasteiger charge is -2.22. The molecule has 0 saturated carbocycles. The van der Waals surface area contributed by atoms with E-state index < -0.39 is 12.1 Å². The molecule has 1 aliphatic rings. The van der Waals surface area contributed by atoms with Crippen molar-refractivity contribution in [3.05, 3.63) is 69.2 Å². The quantitative estimate of drug-likeness (QED) is 0.444. The fourth-order valence-electron chi connectivity index (χ4n) is 4.22. The Balaban J connectivity index is 0.000000340. The van der Waals surface area contributed by atoms with E-state index in [-0.39, 0.29) is 12.5 Å². The highest BCUT2D eigenvalue weighted by molar-refractivity contribution is 6.31. The minimum absolute atomic E-state index is 0.112. The molecule has 0 bridgehead atoms. The highest BCUT2D eigenvalue weighted by atomic mass is 35.5. The molecule has 2 atom stereocenters. The molecule has 5 nitrogen and oxygen atoms in total. The van der Waals surface area contributed by atoms with Gasteiger partial charge < -0.3 is 19.8 Å². The summed E-state index contributed by atoms with van der Waals surface area (Å²) < 4.78 is 5.86. The van der Waals surface area contributed by atoms with Gasteiger partial charge in [-0.1, -0.05) is 60.0 Å². The molecule has 3 rings (SSSR count). The molecule has 0 amide bonds. The van der Waals surface area contributed by atoms with Crippen LogP contribution in [-0.4, -0.2) is 53.4 Å². The maximum atomic E-state index is 10.8. The number of aryl methyl sites for hydroxylation is 4. The number of rotatable bonds is 10. The number of carboxylic acid groups (broad SMARTS) is 1. The van der Waals surface area contributed by atoms with Crippen LogP contribution in [0.4, 0.5) is 0 Å².